The molecule has 0 spiro atoms. The Hall–Kier alpha value is -3.22. The van der Waals surface area contributed by atoms with E-state index in [9.17, 15) is 19.7 Å². The number of hydrogen-bond acceptors (Lipinski definition) is 5. The van der Waals surface area contributed by atoms with Gasteiger partial charge in [0.15, 0.2) is 0 Å². The Kier molecular flexibility index (Phi) is 5.03. The molecule has 0 aliphatic heterocycles. The predicted molar refractivity (Wildman–Crippen MR) is 81.8 cm³/mol. The highest BCUT2D eigenvalue weighted by Gasteiger charge is 2.24. The van der Waals surface area contributed by atoms with E-state index < -0.39 is 22.9 Å². The molecule has 1 N–H and O–H groups in total. The van der Waals surface area contributed by atoms with Crippen LogP contribution in [-0.4, -0.2) is 23.8 Å². The summed E-state index contributed by atoms with van der Waals surface area (Å²) in [5.41, 5.74) is 0.523. The minimum atomic E-state index is -1.09. The molecule has 0 saturated carbocycles. The molecule has 0 fully saturated rings. The fourth-order valence-electron chi connectivity index (χ4n) is 1.93. The van der Waals surface area contributed by atoms with Gasteiger partial charge in [-0.05, 0) is 12.1 Å². The second-order valence-corrected chi connectivity index (χ2v) is 4.61. The minimum absolute atomic E-state index is 0.125. The van der Waals surface area contributed by atoms with Gasteiger partial charge < -0.3 is 10.1 Å². The number of hydrogen-bond donors (Lipinski definition) is 1. The monoisotopic (exact) mass is 314 g/mol. The minimum Gasteiger partial charge on any atom is -0.444 e. The van der Waals surface area contributed by atoms with Crippen molar-refractivity contribution in [2.45, 2.75) is 6.10 Å². The molecule has 1 amide bonds. The number of rotatable bonds is 5. The maximum absolute atomic E-state index is 12.2. The summed E-state index contributed by atoms with van der Waals surface area (Å²) in [5, 5.41) is 13.0. The number of nitro groups is 1. The summed E-state index contributed by atoms with van der Waals surface area (Å²) in [6, 6.07) is 13.5. The Labute approximate surface area is 132 Å². The van der Waals surface area contributed by atoms with Crippen molar-refractivity contribution in [3.63, 3.8) is 0 Å². The van der Waals surface area contributed by atoms with E-state index in [1.54, 1.807) is 30.3 Å². The molecule has 0 heterocycles. The molecule has 7 nitrogen and oxygen atoms in total. The van der Waals surface area contributed by atoms with Gasteiger partial charge in [-0.2, -0.15) is 0 Å². The van der Waals surface area contributed by atoms with Gasteiger partial charge in [0.05, 0.1) is 10.5 Å². The maximum Gasteiger partial charge on any atom is 0.339 e. The smallest absolute Gasteiger partial charge is 0.339 e. The molecule has 2 rings (SSSR count). The number of nitrogens with one attached hydrogen (secondary N) is 1. The van der Waals surface area contributed by atoms with Gasteiger partial charge in [0.2, 0.25) is 6.10 Å². The molecule has 0 radical (unpaired) electrons. The third-order valence-electron chi connectivity index (χ3n) is 3.13. The summed E-state index contributed by atoms with van der Waals surface area (Å²) in [4.78, 5) is 34.1. The second kappa shape index (κ2) is 7.17. The fourth-order valence-corrected chi connectivity index (χ4v) is 1.93. The topological polar surface area (TPSA) is 98.5 Å². The number of nitro benzene ring substituents is 1. The van der Waals surface area contributed by atoms with Crippen LogP contribution in [0, 0.1) is 10.1 Å². The lowest BCUT2D eigenvalue weighted by molar-refractivity contribution is -0.384. The van der Waals surface area contributed by atoms with Crippen LogP contribution < -0.4 is 5.32 Å². The highest BCUT2D eigenvalue weighted by Crippen LogP contribution is 2.20. The highest BCUT2D eigenvalue weighted by molar-refractivity contribution is 5.92. The van der Waals surface area contributed by atoms with E-state index in [0.717, 1.165) is 0 Å². The Morgan fingerprint density at radius 1 is 1.09 bits per heavy atom. The van der Waals surface area contributed by atoms with Crippen LogP contribution in [0.1, 0.15) is 22.0 Å². The van der Waals surface area contributed by atoms with E-state index >= 15 is 0 Å². The van der Waals surface area contributed by atoms with Gasteiger partial charge in [-0.25, -0.2) is 4.79 Å². The molecule has 0 bridgehead atoms. The van der Waals surface area contributed by atoms with Gasteiger partial charge in [0.1, 0.15) is 0 Å². The SMILES string of the molecule is CNC(=O)C(OC(=O)c1ccc([N+](=O)[O-])cc1)c1ccccc1. The first kappa shape index (κ1) is 16.2. The van der Waals surface area contributed by atoms with E-state index in [-0.39, 0.29) is 11.3 Å². The Morgan fingerprint density at radius 3 is 2.22 bits per heavy atom. The summed E-state index contributed by atoms with van der Waals surface area (Å²) in [7, 11) is 1.44. The van der Waals surface area contributed by atoms with Gasteiger partial charge in [-0.15, -0.1) is 0 Å². The van der Waals surface area contributed by atoms with E-state index in [1.807, 2.05) is 0 Å². The van der Waals surface area contributed by atoms with Crippen molar-refractivity contribution in [2.75, 3.05) is 7.05 Å². The summed E-state index contributed by atoms with van der Waals surface area (Å²) in [6.45, 7) is 0. The number of amides is 1. The van der Waals surface area contributed by atoms with E-state index in [4.69, 9.17) is 4.74 Å². The molecule has 2 aromatic rings. The first-order valence-corrected chi connectivity index (χ1v) is 6.75. The van der Waals surface area contributed by atoms with Crippen molar-refractivity contribution in [1.29, 1.82) is 0 Å². The van der Waals surface area contributed by atoms with E-state index in [0.29, 0.717) is 5.56 Å². The van der Waals surface area contributed by atoms with Crippen molar-refractivity contribution in [1.82, 2.24) is 5.32 Å². The van der Waals surface area contributed by atoms with Crippen molar-refractivity contribution in [3.05, 3.63) is 75.8 Å². The lowest BCUT2D eigenvalue weighted by Crippen LogP contribution is -2.29. The largest absolute Gasteiger partial charge is 0.444 e. The first-order valence-electron chi connectivity index (χ1n) is 6.75. The van der Waals surface area contributed by atoms with Crippen LogP contribution in [0.4, 0.5) is 5.69 Å². The summed E-state index contributed by atoms with van der Waals surface area (Å²) < 4.78 is 5.25. The number of nitrogens with zero attached hydrogens (tertiary/aromatic N) is 1. The van der Waals surface area contributed by atoms with Crippen molar-refractivity contribution in [3.8, 4) is 0 Å². The Morgan fingerprint density at radius 2 is 1.70 bits per heavy atom. The quantitative estimate of drug-likeness (QED) is 0.518. The van der Waals surface area contributed by atoms with Gasteiger partial charge >= 0.3 is 5.97 Å². The Bertz CT molecular complexity index is 713. The normalized spacial score (nSPS) is 11.3. The standard InChI is InChI=1S/C16H14N2O5/c1-17-15(19)14(11-5-3-2-4-6-11)23-16(20)12-7-9-13(10-8-12)18(21)22/h2-10,14H,1H3,(H,17,19). The predicted octanol–water partition coefficient (Wildman–Crippen LogP) is 2.24. The number of benzene rings is 2. The first-order chi connectivity index (χ1) is 11.0. The molecule has 2 aromatic carbocycles. The van der Waals surface area contributed by atoms with Crippen LogP contribution in [0.15, 0.2) is 54.6 Å². The molecule has 1 atom stereocenters. The van der Waals surface area contributed by atoms with Crippen LogP contribution in [0.3, 0.4) is 0 Å². The van der Waals surface area contributed by atoms with Crippen molar-refractivity contribution >= 4 is 17.6 Å². The van der Waals surface area contributed by atoms with E-state index in [1.165, 1.54) is 31.3 Å². The van der Waals surface area contributed by atoms with Crippen LogP contribution in [0.5, 0.6) is 0 Å². The average molecular weight is 314 g/mol. The van der Waals surface area contributed by atoms with E-state index in [2.05, 4.69) is 5.32 Å². The molecule has 0 aliphatic rings. The van der Waals surface area contributed by atoms with Crippen LogP contribution in [0.2, 0.25) is 0 Å². The maximum atomic E-state index is 12.2. The summed E-state index contributed by atoms with van der Waals surface area (Å²) in [6.07, 6.45) is -1.09. The van der Waals surface area contributed by atoms with Crippen LogP contribution >= 0.6 is 0 Å². The summed E-state index contributed by atoms with van der Waals surface area (Å²) >= 11 is 0. The third-order valence-corrected chi connectivity index (χ3v) is 3.13. The second-order valence-electron chi connectivity index (χ2n) is 4.61. The molecule has 7 heteroatoms. The van der Waals surface area contributed by atoms with Crippen molar-refractivity contribution < 1.29 is 19.2 Å². The fraction of sp³-hybridized carbons (Fsp3) is 0.125. The van der Waals surface area contributed by atoms with Crippen LogP contribution in [0.25, 0.3) is 0 Å². The molecule has 0 aromatic heterocycles. The van der Waals surface area contributed by atoms with Gasteiger partial charge in [-0.1, -0.05) is 30.3 Å². The summed E-state index contributed by atoms with van der Waals surface area (Å²) in [5.74, 6) is -1.20. The zero-order valence-corrected chi connectivity index (χ0v) is 12.3. The van der Waals surface area contributed by atoms with Gasteiger partial charge in [0, 0.05) is 24.7 Å². The zero-order valence-electron chi connectivity index (χ0n) is 12.3. The highest BCUT2D eigenvalue weighted by atomic mass is 16.6. The molecule has 1 unspecified atom stereocenters. The number of likely N-dealkylation sites (N-methyl/N-ethyl adjacent to an activating group) is 1. The molecule has 118 valence electrons. The Balaban J connectivity index is 2.20. The zero-order chi connectivity index (χ0) is 16.8. The molecular formula is C16H14N2O5. The van der Waals surface area contributed by atoms with Crippen LogP contribution in [-0.2, 0) is 9.53 Å². The number of carbonyl (C=O) groups excluding carboxylic acids is 2. The third kappa shape index (κ3) is 3.91. The lowest BCUT2D eigenvalue weighted by Gasteiger charge is -2.16. The van der Waals surface area contributed by atoms with Gasteiger partial charge in [0.25, 0.3) is 11.6 Å². The molecular weight excluding hydrogens is 300 g/mol. The number of esters is 1. The van der Waals surface area contributed by atoms with Crippen molar-refractivity contribution in [2.24, 2.45) is 0 Å². The molecule has 23 heavy (non-hydrogen) atoms. The van der Waals surface area contributed by atoms with Gasteiger partial charge in [-0.3, -0.25) is 14.9 Å². The lowest BCUT2D eigenvalue weighted by atomic mass is 10.1. The molecule has 0 aliphatic carbocycles. The number of ether oxygens (including phenoxy) is 1. The average Bonchev–Trinajstić information content (AvgIpc) is 2.59. The molecule has 0 saturated heterocycles. The number of carbonyl (C=O) groups is 2. The number of non-ortho nitro benzene ring substituents is 1.